The highest BCUT2D eigenvalue weighted by Crippen LogP contribution is 2.23. The molecule has 1 saturated heterocycles. The third-order valence-corrected chi connectivity index (χ3v) is 3.70. The van der Waals surface area contributed by atoms with E-state index in [2.05, 4.69) is 10.3 Å². The van der Waals surface area contributed by atoms with Crippen molar-refractivity contribution < 1.29 is 18.8 Å². The first-order chi connectivity index (χ1) is 12.0. The molecule has 1 fully saturated rings. The molecule has 1 aliphatic heterocycles. The van der Waals surface area contributed by atoms with Crippen LogP contribution in [0.15, 0.2) is 53.5 Å². The van der Waals surface area contributed by atoms with Crippen LogP contribution in [0.2, 0.25) is 0 Å². The van der Waals surface area contributed by atoms with Crippen molar-refractivity contribution >= 4 is 35.4 Å². The number of nitrogens with one attached hydrogen (secondary N) is 1. The minimum atomic E-state index is -1.32. The Kier molecular flexibility index (Phi) is 4.38. The Balaban J connectivity index is 1.90. The number of carbonyl (C=O) groups is 3. The summed E-state index contributed by atoms with van der Waals surface area (Å²) in [5.41, 5.74) is 1.38. The number of nitrogens with zero attached hydrogens (tertiary/aromatic N) is 2. The number of carbonyl (C=O) groups excluding carboxylic acids is 3. The smallest absolute Gasteiger partial charge is 0.276 e. The van der Waals surface area contributed by atoms with Gasteiger partial charge in [-0.05, 0) is 31.2 Å². The monoisotopic (exact) mass is 339 g/mol. The van der Waals surface area contributed by atoms with Crippen molar-refractivity contribution in [2.24, 2.45) is 10.9 Å². The van der Waals surface area contributed by atoms with E-state index in [4.69, 9.17) is 0 Å². The number of urea groups is 1. The maximum Gasteiger partial charge on any atom is 0.335 e. The number of benzene rings is 2. The van der Waals surface area contributed by atoms with Crippen LogP contribution < -0.4 is 10.2 Å². The molecule has 1 N–H and O–H groups in total. The average molecular weight is 339 g/mol. The molecule has 1 heterocycles. The second-order valence-electron chi connectivity index (χ2n) is 5.51. The summed E-state index contributed by atoms with van der Waals surface area (Å²) < 4.78 is 13.9. The second-order valence-corrected chi connectivity index (χ2v) is 5.51. The lowest BCUT2D eigenvalue weighted by atomic mass is 10.1. The lowest BCUT2D eigenvalue weighted by Crippen LogP contribution is -2.58. The number of barbiturate groups is 1. The van der Waals surface area contributed by atoms with E-state index in [9.17, 15) is 18.8 Å². The van der Waals surface area contributed by atoms with Gasteiger partial charge in [-0.2, -0.15) is 0 Å². The van der Waals surface area contributed by atoms with E-state index in [1.807, 2.05) is 19.1 Å². The molecule has 0 bridgehead atoms. The number of para-hydroxylation sites is 1. The molecule has 25 heavy (non-hydrogen) atoms. The Hall–Kier alpha value is -3.35. The van der Waals surface area contributed by atoms with Gasteiger partial charge in [0.05, 0.1) is 11.4 Å². The number of hydrogen-bond donors (Lipinski definition) is 1. The quantitative estimate of drug-likeness (QED) is 0.690. The van der Waals surface area contributed by atoms with Crippen molar-refractivity contribution in [2.45, 2.75) is 6.92 Å². The van der Waals surface area contributed by atoms with E-state index < -0.39 is 29.6 Å². The zero-order valence-corrected chi connectivity index (χ0v) is 13.3. The molecule has 7 heteroatoms. The Morgan fingerprint density at radius 1 is 1.08 bits per heavy atom. The normalized spacial score (nSPS) is 17.9. The van der Waals surface area contributed by atoms with Crippen molar-refractivity contribution in [3.63, 3.8) is 0 Å². The Bertz CT molecular complexity index is 877. The summed E-state index contributed by atoms with van der Waals surface area (Å²) in [5, 5.41) is 2.05. The fourth-order valence-corrected chi connectivity index (χ4v) is 2.37. The maximum atomic E-state index is 13.9. The summed E-state index contributed by atoms with van der Waals surface area (Å²) >= 11 is 0. The highest BCUT2D eigenvalue weighted by atomic mass is 19.1. The molecule has 0 unspecified atom stereocenters. The number of anilines is 1. The summed E-state index contributed by atoms with van der Waals surface area (Å²) in [6.45, 7) is 1.92. The molecule has 1 aliphatic rings. The first-order valence-electron chi connectivity index (χ1n) is 7.51. The number of amides is 4. The third kappa shape index (κ3) is 3.30. The number of imide groups is 2. The van der Waals surface area contributed by atoms with Crippen LogP contribution in [0.1, 0.15) is 5.56 Å². The lowest BCUT2D eigenvalue weighted by Gasteiger charge is -2.28. The van der Waals surface area contributed by atoms with E-state index in [0.29, 0.717) is 10.6 Å². The molecule has 6 nitrogen and oxygen atoms in total. The van der Waals surface area contributed by atoms with E-state index >= 15 is 0 Å². The molecule has 0 aliphatic carbocycles. The summed E-state index contributed by atoms with van der Waals surface area (Å²) in [7, 11) is 0. The summed E-state index contributed by atoms with van der Waals surface area (Å²) in [5.74, 6) is -3.71. The molecule has 0 saturated carbocycles. The highest BCUT2D eigenvalue weighted by molar-refractivity contribution is 6.32. The standard InChI is InChI=1S/C18H14FN3O3/c1-11-6-8-12(9-7-11)20-10-13-16(23)21-18(25)22(17(13)24)15-5-3-2-4-14(15)19/h2-10,13H,1H3,(H,21,23,25)/t13-/m0/s1. The minimum absolute atomic E-state index is 0.216. The third-order valence-electron chi connectivity index (χ3n) is 3.70. The lowest BCUT2D eigenvalue weighted by molar-refractivity contribution is -0.131. The summed E-state index contributed by atoms with van der Waals surface area (Å²) in [6.07, 6.45) is 1.16. The van der Waals surface area contributed by atoms with Gasteiger partial charge in [0, 0.05) is 6.21 Å². The fraction of sp³-hybridized carbons (Fsp3) is 0.111. The van der Waals surface area contributed by atoms with Crippen LogP contribution in [0.25, 0.3) is 0 Å². The van der Waals surface area contributed by atoms with Crippen LogP contribution >= 0.6 is 0 Å². The van der Waals surface area contributed by atoms with Crippen molar-refractivity contribution in [1.29, 1.82) is 0 Å². The molecule has 0 aromatic heterocycles. The molecular weight excluding hydrogens is 325 g/mol. The van der Waals surface area contributed by atoms with Crippen LogP contribution in [0.3, 0.4) is 0 Å². The average Bonchev–Trinajstić information content (AvgIpc) is 2.57. The molecule has 1 atom stereocenters. The number of aryl methyl sites for hydroxylation is 1. The molecule has 0 radical (unpaired) electrons. The second kappa shape index (κ2) is 6.64. The number of hydrogen-bond acceptors (Lipinski definition) is 4. The Morgan fingerprint density at radius 3 is 2.44 bits per heavy atom. The first-order valence-corrected chi connectivity index (χ1v) is 7.51. The van der Waals surface area contributed by atoms with Crippen molar-refractivity contribution in [2.75, 3.05) is 4.90 Å². The van der Waals surface area contributed by atoms with Gasteiger partial charge in [0.2, 0.25) is 5.91 Å². The van der Waals surface area contributed by atoms with Crippen molar-refractivity contribution in [3.05, 3.63) is 59.9 Å². The van der Waals surface area contributed by atoms with Gasteiger partial charge in [-0.25, -0.2) is 14.1 Å². The molecular formula is C18H14FN3O3. The largest absolute Gasteiger partial charge is 0.335 e. The molecule has 2 aromatic rings. The van der Waals surface area contributed by atoms with E-state index in [1.165, 1.54) is 18.2 Å². The van der Waals surface area contributed by atoms with Crippen LogP contribution in [0, 0.1) is 18.7 Å². The number of rotatable bonds is 3. The number of aliphatic imine (C=N–C) groups is 1. The van der Waals surface area contributed by atoms with Crippen LogP contribution in [0.4, 0.5) is 20.6 Å². The molecule has 2 aromatic carbocycles. The molecule has 0 spiro atoms. The van der Waals surface area contributed by atoms with Crippen molar-refractivity contribution in [1.82, 2.24) is 5.32 Å². The summed E-state index contributed by atoms with van der Waals surface area (Å²) in [6, 6.07) is 11.5. The number of halogens is 1. The van der Waals surface area contributed by atoms with Crippen molar-refractivity contribution in [3.8, 4) is 0 Å². The van der Waals surface area contributed by atoms with Gasteiger partial charge in [0.15, 0.2) is 5.92 Å². The van der Waals surface area contributed by atoms with Crippen LogP contribution in [-0.2, 0) is 9.59 Å². The molecule has 4 amide bonds. The van der Waals surface area contributed by atoms with Crippen LogP contribution in [0.5, 0.6) is 0 Å². The van der Waals surface area contributed by atoms with Gasteiger partial charge in [-0.15, -0.1) is 0 Å². The Morgan fingerprint density at radius 2 is 1.76 bits per heavy atom. The van der Waals surface area contributed by atoms with Gasteiger partial charge >= 0.3 is 6.03 Å². The fourth-order valence-electron chi connectivity index (χ4n) is 2.37. The highest BCUT2D eigenvalue weighted by Gasteiger charge is 2.41. The van der Waals surface area contributed by atoms with Crippen LogP contribution in [-0.4, -0.2) is 24.1 Å². The first kappa shape index (κ1) is 16.5. The SMILES string of the molecule is Cc1ccc(N=C[C@H]2C(=O)NC(=O)N(c3ccccc3F)C2=O)cc1. The molecule has 126 valence electrons. The predicted octanol–water partition coefficient (Wildman–Crippen LogP) is 2.74. The summed E-state index contributed by atoms with van der Waals surface area (Å²) in [4.78, 5) is 41.3. The van der Waals surface area contributed by atoms with Gasteiger partial charge in [-0.1, -0.05) is 29.8 Å². The van der Waals surface area contributed by atoms with E-state index in [-0.39, 0.29) is 5.69 Å². The minimum Gasteiger partial charge on any atom is -0.276 e. The van der Waals surface area contributed by atoms with Gasteiger partial charge < -0.3 is 0 Å². The van der Waals surface area contributed by atoms with Gasteiger partial charge in [0.25, 0.3) is 5.91 Å². The van der Waals surface area contributed by atoms with Gasteiger partial charge in [0.1, 0.15) is 5.82 Å². The Labute approximate surface area is 143 Å². The maximum absolute atomic E-state index is 13.9. The van der Waals surface area contributed by atoms with E-state index in [1.54, 1.807) is 12.1 Å². The topological polar surface area (TPSA) is 78.8 Å². The predicted molar refractivity (Wildman–Crippen MR) is 90.2 cm³/mol. The zero-order chi connectivity index (χ0) is 18.0. The molecule has 3 rings (SSSR count). The van der Waals surface area contributed by atoms with Gasteiger partial charge in [-0.3, -0.25) is 19.9 Å². The zero-order valence-electron chi connectivity index (χ0n) is 13.3. The van der Waals surface area contributed by atoms with E-state index in [0.717, 1.165) is 17.8 Å².